The van der Waals surface area contributed by atoms with E-state index in [4.69, 9.17) is 0 Å². The number of allylic oxidation sites excluding steroid dienone is 12. The molecular weight excluding hydrogens is 410 g/mol. The van der Waals surface area contributed by atoms with Crippen molar-refractivity contribution in [2.45, 2.75) is 32.1 Å². The highest BCUT2D eigenvalue weighted by Crippen LogP contribution is 2.56. The van der Waals surface area contributed by atoms with Crippen LogP contribution in [0.25, 0.3) is 0 Å². The maximum atomic E-state index is 4.30. The molecule has 170 valence electrons. The van der Waals surface area contributed by atoms with Crippen molar-refractivity contribution in [2.75, 3.05) is 4.90 Å². The van der Waals surface area contributed by atoms with E-state index in [1.165, 1.54) is 22.3 Å². The lowest BCUT2D eigenvalue weighted by molar-refractivity contribution is 0.680. The van der Waals surface area contributed by atoms with E-state index in [9.17, 15) is 0 Å². The summed E-state index contributed by atoms with van der Waals surface area (Å²) in [6.45, 7) is 12.6. The fourth-order valence-corrected chi connectivity index (χ4v) is 5.34. The maximum Gasteiger partial charge on any atom is 0.0735 e. The van der Waals surface area contributed by atoms with Gasteiger partial charge in [-0.25, -0.2) is 0 Å². The molecule has 4 rings (SSSR count). The van der Waals surface area contributed by atoms with Gasteiger partial charge in [-0.15, -0.1) is 0 Å². The van der Waals surface area contributed by atoms with E-state index in [0.717, 1.165) is 29.9 Å². The van der Waals surface area contributed by atoms with Gasteiger partial charge < -0.3 is 4.90 Å². The first-order chi connectivity index (χ1) is 16.7. The van der Waals surface area contributed by atoms with Crippen LogP contribution in [0, 0.1) is 0 Å². The van der Waals surface area contributed by atoms with E-state index in [1.807, 2.05) is 12.2 Å². The van der Waals surface area contributed by atoms with Crippen molar-refractivity contribution >= 4 is 5.69 Å². The second-order valence-electron chi connectivity index (χ2n) is 8.42. The Labute approximate surface area is 204 Å². The molecule has 34 heavy (non-hydrogen) atoms. The number of nitrogens with zero attached hydrogens (tertiary/aromatic N) is 1. The van der Waals surface area contributed by atoms with E-state index in [-0.39, 0.29) is 0 Å². The number of anilines is 1. The molecule has 1 atom stereocenters. The Morgan fingerprint density at radius 3 is 2.18 bits per heavy atom. The Balaban J connectivity index is 2.23. The van der Waals surface area contributed by atoms with E-state index in [0.29, 0.717) is 0 Å². The zero-order valence-corrected chi connectivity index (χ0v) is 20.2. The summed E-state index contributed by atoms with van der Waals surface area (Å²) in [5.74, 6) is 0. The van der Waals surface area contributed by atoms with Crippen molar-refractivity contribution in [3.63, 3.8) is 0 Å². The minimum absolute atomic E-state index is 0.469. The summed E-state index contributed by atoms with van der Waals surface area (Å²) in [5.41, 5.74) is 7.81. The second kappa shape index (κ2) is 10.4. The molecule has 1 heteroatoms. The molecule has 1 unspecified atom stereocenters. The van der Waals surface area contributed by atoms with Gasteiger partial charge in [-0.2, -0.15) is 0 Å². The molecule has 2 aromatic carbocycles. The standard InChI is InChI=1S/C33H33N/c1-5-18-30-31(8-4)34(28-24-16-11-17-25-28)32(19-6-2)29(7-3)33(30,26-20-12-9-13-21-26)27-22-14-10-15-23-27/h5-9,11-14,16-25H,2,4,10,15H2,1,3H3/b18-5-,29-7+,32-19+. The van der Waals surface area contributed by atoms with Gasteiger partial charge in [0.15, 0.2) is 0 Å². The van der Waals surface area contributed by atoms with Crippen LogP contribution in [0.15, 0.2) is 157 Å². The first kappa shape index (κ1) is 23.3. The van der Waals surface area contributed by atoms with Crippen LogP contribution in [-0.2, 0) is 5.41 Å². The third kappa shape index (κ3) is 3.78. The molecule has 2 aromatic rings. The molecule has 0 spiro atoms. The van der Waals surface area contributed by atoms with Gasteiger partial charge in [0.05, 0.1) is 16.8 Å². The van der Waals surface area contributed by atoms with Gasteiger partial charge in [0.2, 0.25) is 0 Å². The first-order valence-electron chi connectivity index (χ1n) is 12.0. The lowest BCUT2D eigenvalue weighted by Gasteiger charge is -2.49. The molecule has 0 N–H and O–H groups in total. The Kier molecular flexibility index (Phi) is 7.13. The number of para-hydroxylation sites is 1. The van der Waals surface area contributed by atoms with Crippen LogP contribution in [0.4, 0.5) is 5.69 Å². The van der Waals surface area contributed by atoms with E-state index < -0.39 is 5.41 Å². The quantitative estimate of drug-likeness (QED) is 0.431. The van der Waals surface area contributed by atoms with Crippen LogP contribution in [0.2, 0.25) is 0 Å². The molecule has 0 amide bonds. The molecule has 1 aliphatic heterocycles. The number of hydrogen-bond donors (Lipinski definition) is 0. The minimum Gasteiger partial charge on any atom is -0.310 e. The fraction of sp³-hybridized carbons (Fsp3) is 0.152. The molecule has 1 heterocycles. The Morgan fingerprint density at radius 1 is 0.912 bits per heavy atom. The zero-order valence-electron chi connectivity index (χ0n) is 20.2. The topological polar surface area (TPSA) is 3.24 Å². The normalized spacial score (nSPS) is 23.0. The minimum atomic E-state index is -0.469. The Bertz CT molecular complexity index is 1230. The predicted octanol–water partition coefficient (Wildman–Crippen LogP) is 8.75. The maximum absolute atomic E-state index is 4.30. The summed E-state index contributed by atoms with van der Waals surface area (Å²) in [4.78, 5) is 2.31. The number of benzene rings is 2. The SMILES string of the molecule is C=C/C=C1\C(=C/C)C(C2=CCCC=C2)(c2ccccc2)C(/C=C\C)=C(C=C)N1c1ccccc1. The highest BCUT2D eigenvalue weighted by atomic mass is 15.2. The van der Waals surface area contributed by atoms with Crippen LogP contribution >= 0.6 is 0 Å². The molecule has 0 saturated heterocycles. The van der Waals surface area contributed by atoms with Crippen LogP contribution in [0.5, 0.6) is 0 Å². The van der Waals surface area contributed by atoms with Crippen LogP contribution < -0.4 is 4.90 Å². The summed E-state index contributed by atoms with van der Waals surface area (Å²) >= 11 is 0. The fourth-order valence-electron chi connectivity index (χ4n) is 5.34. The van der Waals surface area contributed by atoms with Gasteiger partial charge in [-0.05, 0) is 73.3 Å². The second-order valence-corrected chi connectivity index (χ2v) is 8.42. The summed E-state index contributed by atoms with van der Waals surface area (Å²) in [6, 6.07) is 21.4. The highest BCUT2D eigenvalue weighted by molar-refractivity contribution is 5.79. The zero-order chi connectivity index (χ0) is 24.0. The largest absolute Gasteiger partial charge is 0.310 e. The molecule has 0 aromatic heterocycles. The number of hydrogen-bond acceptors (Lipinski definition) is 1. The van der Waals surface area contributed by atoms with Gasteiger partial charge >= 0.3 is 0 Å². The first-order valence-corrected chi connectivity index (χ1v) is 12.0. The molecule has 2 aliphatic rings. The number of rotatable bonds is 6. The van der Waals surface area contributed by atoms with Crippen LogP contribution in [-0.4, -0.2) is 0 Å². The van der Waals surface area contributed by atoms with Crippen molar-refractivity contribution in [3.8, 4) is 0 Å². The van der Waals surface area contributed by atoms with Gasteiger partial charge in [-0.3, -0.25) is 0 Å². The predicted molar refractivity (Wildman–Crippen MR) is 148 cm³/mol. The summed E-state index contributed by atoms with van der Waals surface area (Å²) < 4.78 is 0. The third-order valence-electron chi connectivity index (χ3n) is 6.58. The average Bonchev–Trinajstić information content (AvgIpc) is 2.90. The molecule has 0 bridgehead atoms. The van der Waals surface area contributed by atoms with Crippen molar-refractivity contribution in [1.82, 2.24) is 0 Å². The van der Waals surface area contributed by atoms with Crippen LogP contribution in [0.1, 0.15) is 32.3 Å². The lowest BCUT2D eigenvalue weighted by Crippen LogP contribution is -2.43. The van der Waals surface area contributed by atoms with E-state index >= 15 is 0 Å². The van der Waals surface area contributed by atoms with Crippen LogP contribution in [0.3, 0.4) is 0 Å². The van der Waals surface area contributed by atoms with Gasteiger partial charge in [0, 0.05) is 5.69 Å². The molecule has 1 aliphatic carbocycles. The average molecular weight is 444 g/mol. The summed E-state index contributed by atoms with van der Waals surface area (Å²) in [6.07, 6.45) is 21.8. The van der Waals surface area contributed by atoms with Gasteiger partial charge in [0.1, 0.15) is 0 Å². The van der Waals surface area contributed by atoms with E-state index in [2.05, 4.69) is 135 Å². The van der Waals surface area contributed by atoms with Crippen molar-refractivity contribution in [1.29, 1.82) is 0 Å². The van der Waals surface area contributed by atoms with Gasteiger partial charge in [-0.1, -0.05) is 104 Å². The molecular formula is C33H33N. The van der Waals surface area contributed by atoms with Gasteiger partial charge in [0.25, 0.3) is 0 Å². The smallest absolute Gasteiger partial charge is 0.0735 e. The Hall–Kier alpha value is -3.84. The molecule has 0 saturated carbocycles. The Morgan fingerprint density at radius 2 is 1.62 bits per heavy atom. The van der Waals surface area contributed by atoms with Crippen molar-refractivity contribution < 1.29 is 0 Å². The van der Waals surface area contributed by atoms with Crippen molar-refractivity contribution in [3.05, 3.63) is 162 Å². The molecule has 0 fully saturated rings. The lowest BCUT2D eigenvalue weighted by atomic mass is 9.59. The third-order valence-corrected chi connectivity index (χ3v) is 6.58. The van der Waals surface area contributed by atoms with Crippen molar-refractivity contribution in [2.24, 2.45) is 0 Å². The van der Waals surface area contributed by atoms with E-state index in [1.54, 1.807) is 0 Å². The molecule has 0 radical (unpaired) electrons. The summed E-state index contributed by atoms with van der Waals surface area (Å²) in [5, 5.41) is 0. The highest BCUT2D eigenvalue weighted by Gasteiger charge is 2.48. The summed E-state index contributed by atoms with van der Waals surface area (Å²) in [7, 11) is 0. The monoisotopic (exact) mass is 443 g/mol. The molecule has 1 nitrogen and oxygen atoms in total.